The lowest BCUT2D eigenvalue weighted by Gasteiger charge is -2.33. The fourth-order valence-electron chi connectivity index (χ4n) is 5.17. The highest BCUT2D eigenvalue weighted by Gasteiger charge is 2.41. The molecule has 0 atom stereocenters. The third-order valence-electron chi connectivity index (χ3n) is 7.12. The van der Waals surface area contributed by atoms with Gasteiger partial charge in [-0.3, -0.25) is 9.36 Å². The molecule has 0 amide bonds. The molecule has 8 nitrogen and oxygen atoms in total. The van der Waals surface area contributed by atoms with E-state index in [1.165, 1.54) is 6.20 Å². The van der Waals surface area contributed by atoms with E-state index in [9.17, 15) is 22.8 Å². The standard InChI is InChI=1S/C29H24F3N5O3/c30-29(31,32)26-25(40-27(35-26)19-6-2-1-3-7-19)23(38)16-18-10-11-24(33-17-18)36-14-12-20(13-15-36)37-22-9-5-4-8-21(22)34-28(37)39/h1-11,17,20H,12-16H2,(H,34,39). The van der Waals surface area contributed by atoms with Crippen LogP contribution in [0.1, 0.15) is 40.7 Å². The Bertz CT molecular complexity index is 1710. The Labute approximate surface area is 226 Å². The number of aromatic amines is 1. The van der Waals surface area contributed by atoms with E-state index >= 15 is 0 Å². The number of H-pyrrole nitrogens is 1. The van der Waals surface area contributed by atoms with E-state index in [2.05, 4.69) is 19.9 Å². The van der Waals surface area contributed by atoms with Crippen molar-refractivity contribution in [1.82, 2.24) is 19.5 Å². The fraction of sp³-hybridized carbons (Fsp3) is 0.241. The molecule has 1 N–H and O–H groups in total. The Balaban J connectivity index is 1.14. The van der Waals surface area contributed by atoms with Crippen molar-refractivity contribution in [3.05, 3.63) is 100 Å². The maximum atomic E-state index is 13.6. The topological polar surface area (TPSA) is 97.0 Å². The maximum Gasteiger partial charge on any atom is 0.437 e. The summed E-state index contributed by atoms with van der Waals surface area (Å²) in [5.74, 6) is -1.21. The van der Waals surface area contributed by atoms with E-state index in [-0.39, 0.29) is 24.0 Å². The van der Waals surface area contributed by atoms with E-state index in [1.807, 2.05) is 28.8 Å². The van der Waals surface area contributed by atoms with Gasteiger partial charge in [-0.05, 0) is 48.7 Å². The number of rotatable bonds is 6. The molecule has 0 spiro atoms. The molecule has 3 aromatic heterocycles. The molecule has 0 unspecified atom stereocenters. The van der Waals surface area contributed by atoms with E-state index in [0.29, 0.717) is 30.0 Å². The van der Waals surface area contributed by atoms with Crippen LogP contribution in [0.5, 0.6) is 0 Å². The fourth-order valence-corrected chi connectivity index (χ4v) is 5.17. The summed E-state index contributed by atoms with van der Waals surface area (Å²) < 4.78 is 48.1. The second kappa shape index (κ2) is 10.1. The predicted octanol–water partition coefficient (Wildman–Crippen LogP) is 5.67. The van der Waals surface area contributed by atoms with Crippen LogP contribution in [0.4, 0.5) is 19.0 Å². The lowest BCUT2D eigenvalue weighted by atomic mass is 10.0. The Kier molecular flexibility index (Phi) is 6.49. The number of nitrogens with zero attached hydrogens (tertiary/aromatic N) is 4. The molecule has 0 bridgehead atoms. The van der Waals surface area contributed by atoms with E-state index in [0.717, 1.165) is 23.9 Å². The highest BCUT2D eigenvalue weighted by molar-refractivity contribution is 5.96. The van der Waals surface area contributed by atoms with Crippen LogP contribution >= 0.6 is 0 Å². The summed E-state index contributed by atoms with van der Waals surface area (Å²) in [7, 11) is 0. The number of Topliss-reactive ketones (excluding diaryl/α,β-unsaturated/α-hetero) is 1. The van der Waals surface area contributed by atoms with Gasteiger partial charge in [-0.25, -0.2) is 14.8 Å². The molecule has 40 heavy (non-hydrogen) atoms. The molecule has 6 rings (SSSR count). The SMILES string of the molecule is O=C(Cc1ccc(N2CCC(n3c(=O)[nH]c4ccccc43)CC2)nc1)c1oc(-c2ccccc2)nc1C(F)(F)F. The minimum atomic E-state index is -4.84. The van der Waals surface area contributed by atoms with Crippen molar-refractivity contribution in [2.75, 3.05) is 18.0 Å². The number of hydrogen-bond acceptors (Lipinski definition) is 6. The smallest absolute Gasteiger partial charge is 0.432 e. The first-order valence-electron chi connectivity index (χ1n) is 12.8. The van der Waals surface area contributed by atoms with Gasteiger partial charge in [0.2, 0.25) is 17.4 Å². The number of ketones is 1. The second-order valence-electron chi connectivity index (χ2n) is 9.72. The molecule has 4 heterocycles. The van der Waals surface area contributed by atoms with Crippen LogP contribution in [0.25, 0.3) is 22.5 Å². The Hall–Kier alpha value is -4.67. The van der Waals surface area contributed by atoms with Gasteiger partial charge in [0.15, 0.2) is 5.69 Å². The number of halogens is 3. The average Bonchev–Trinajstić information content (AvgIpc) is 3.56. The van der Waals surface area contributed by atoms with Crippen LogP contribution in [-0.2, 0) is 12.6 Å². The largest absolute Gasteiger partial charge is 0.437 e. The Morgan fingerprint density at radius 3 is 2.42 bits per heavy atom. The zero-order chi connectivity index (χ0) is 27.9. The van der Waals surface area contributed by atoms with Gasteiger partial charge in [-0.1, -0.05) is 36.4 Å². The van der Waals surface area contributed by atoms with Crippen LogP contribution < -0.4 is 10.6 Å². The summed E-state index contributed by atoms with van der Waals surface area (Å²) in [5.41, 5.74) is 1.04. The predicted molar refractivity (Wildman–Crippen MR) is 142 cm³/mol. The summed E-state index contributed by atoms with van der Waals surface area (Å²) in [6, 6.07) is 19.2. The molecule has 2 aromatic carbocycles. The number of anilines is 1. The third kappa shape index (κ3) is 4.90. The number of pyridine rings is 1. The summed E-state index contributed by atoms with van der Waals surface area (Å²) in [4.78, 5) is 38.5. The van der Waals surface area contributed by atoms with Gasteiger partial charge in [0.05, 0.1) is 11.0 Å². The lowest BCUT2D eigenvalue weighted by Crippen LogP contribution is -2.37. The monoisotopic (exact) mass is 547 g/mol. The second-order valence-corrected chi connectivity index (χ2v) is 9.72. The molecule has 0 radical (unpaired) electrons. The van der Waals surface area contributed by atoms with Gasteiger partial charge in [0, 0.05) is 37.3 Å². The van der Waals surface area contributed by atoms with Crippen LogP contribution in [-0.4, -0.2) is 38.4 Å². The zero-order valence-electron chi connectivity index (χ0n) is 21.2. The zero-order valence-corrected chi connectivity index (χ0v) is 21.2. The molecule has 0 aliphatic carbocycles. The summed E-state index contributed by atoms with van der Waals surface area (Å²) in [6.07, 6.45) is -2.16. The minimum absolute atomic E-state index is 0.0577. The van der Waals surface area contributed by atoms with Crippen LogP contribution in [0.15, 0.2) is 82.1 Å². The first kappa shape index (κ1) is 25.6. The van der Waals surface area contributed by atoms with Gasteiger partial charge < -0.3 is 14.3 Å². The number of alkyl halides is 3. The van der Waals surface area contributed by atoms with Gasteiger partial charge >= 0.3 is 11.9 Å². The molecule has 5 aromatic rings. The number of fused-ring (bicyclic) bond motifs is 1. The van der Waals surface area contributed by atoms with Gasteiger partial charge in [0.1, 0.15) is 5.82 Å². The Morgan fingerprint density at radius 2 is 1.73 bits per heavy atom. The normalized spacial score (nSPS) is 14.6. The maximum absolute atomic E-state index is 13.6. The summed E-state index contributed by atoms with van der Waals surface area (Å²) in [6.45, 7) is 1.36. The van der Waals surface area contributed by atoms with Crippen molar-refractivity contribution >= 4 is 22.6 Å². The van der Waals surface area contributed by atoms with Crippen molar-refractivity contribution in [3.8, 4) is 11.5 Å². The molecule has 204 valence electrons. The van der Waals surface area contributed by atoms with E-state index in [4.69, 9.17) is 4.42 Å². The van der Waals surface area contributed by atoms with E-state index in [1.54, 1.807) is 42.5 Å². The van der Waals surface area contributed by atoms with Crippen LogP contribution in [0.3, 0.4) is 0 Å². The number of benzene rings is 2. The van der Waals surface area contributed by atoms with Crippen LogP contribution in [0, 0.1) is 0 Å². The number of nitrogens with one attached hydrogen (secondary N) is 1. The van der Waals surface area contributed by atoms with Gasteiger partial charge in [0.25, 0.3) is 0 Å². The summed E-state index contributed by atoms with van der Waals surface area (Å²) >= 11 is 0. The molecule has 1 saturated heterocycles. The minimum Gasteiger partial charge on any atom is -0.432 e. The number of para-hydroxylation sites is 2. The first-order valence-corrected chi connectivity index (χ1v) is 12.8. The van der Waals surface area contributed by atoms with Crippen molar-refractivity contribution in [3.63, 3.8) is 0 Å². The highest BCUT2D eigenvalue weighted by Crippen LogP contribution is 2.35. The molecular formula is C29H24F3N5O3. The van der Waals surface area contributed by atoms with E-state index < -0.39 is 23.4 Å². The van der Waals surface area contributed by atoms with Gasteiger partial charge in [-0.2, -0.15) is 13.2 Å². The van der Waals surface area contributed by atoms with Crippen molar-refractivity contribution in [2.45, 2.75) is 31.5 Å². The first-order chi connectivity index (χ1) is 19.3. The number of oxazole rings is 1. The van der Waals surface area contributed by atoms with Crippen molar-refractivity contribution in [2.24, 2.45) is 0 Å². The van der Waals surface area contributed by atoms with Gasteiger partial charge in [-0.15, -0.1) is 0 Å². The number of carbonyl (C=O) groups is 1. The number of carbonyl (C=O) groups excluding carboxylic acids is 1. The average molecular weight is 548 g/mol. The molecular weight excluding hydrogens is 523 g/mol. The lowest BCUT2D eigenvalue weighted by molar-refractivity contribution is -0.141. The van der Waals surface area contributed by atoms with Crippen molar-refractivity contribution in [1.29, 1.82) is 0 Å². The Morgan fingerprint density at radius 1 is 1.00 bits per heavy atom. The number of hydrogen-bond donors (Lipinski definition) is 1. The molecule has 0 saturated carbocycles. The van der Waals surface area contributed by atoms with Crippen LogP contribution in [0.2, 0.25) is 0 Å². The number of aromatic nitrogens is 4. The third-order valence-corrected chi connectivity index (χ3v) is 7.12. The number of piperidine rings is 1. The molecule has 1 aliphatic rings. The van der Waals surface area contributed by atoms with Crippen molar-refractivity contribution < 1.29 is 22.4 Å². The number of imidazole rings is 1. The molecule has 1 fully saturated rings. The molecule has 1 aliphatic heterocycles. The summed E-state index contributed by atoms with van der Waals surface area (Å²) in [5, 5.41) is 0. The highest BCUT2D eigenvalue weighted by atomic mass is 19.4. The molecule has 11 heteroatoms. The quantitative estimate of drug-likeness (QED) is 0.276.